The lowest BCUT2D eigenvalue weighted by Crippen LogP contribution is -2.11. The molecule has 0 heterocycles. The number of benzene rings is 2. The number of ether oxygens (including phenoxy) is 2. The van der Waals surface area contributed by atoms with Gasteiger partial charge in [-0.2, -0.15) is 0 Å². The number of methoxy groups -OCH3 is 1. The van der Waals surface area contributed by atoms with E-state index in [9.17, 15) is 4.79 Å². The maximum Gasteiger partial charge on any atom is 0.200 e. The van der Waals surface area contributed by atoms with Crippen LogP contribution in [-0.2, 0) is 0 Å². The zero-order chi connectivity index (χ0) is 15.4. The topological polar surface area (TPSA) is 35.5 Å². The second-order valence-corrected chi connectivity index (χ2v) is 5.73. The highest BCUT2D eigenvalue weighted by atomic mass is 79.9. The minimum absolute atomic E-state index is 0.0279. The molecule has 2 rings (SSSR count). The van der Waals surface area contributed by atoms with Crippen LogP contribution in [0.3, 0.4) is 0 Å². The molecule has 0 aliphatic heterocycles. The summed E-state index contributed by atoms with van der Waals surface area (Å²) in [4.78, 5) is 12.1. The minimum Gasteiger partial charge on any atom is -0.496 e. The third-order valence-electron chi connectivity index (χ3n) is 2.97. The largest absolute Gasteiger partial charge is 0.496 e. The number of halogens is 2. The fourth-order valence-electron chi connectivity index (χ4n) is 1.78. The van der Waals surface area contributed by atoms with Crippen molar-refractivity contribution < 1.29 is 14.3 Å². The van der Waals surface area contributed by atoms with Crippen molar-refractivity contribution in [1.29, 1.82) is 0 Å². The van der Waals surface area contributed by atoms with Crippen LogP contribution < -0.4 is 9.47 Å². The van der Waals surface area contributed by atoms with Gasteiger partial charge < -0.3 is 9.47 Å². The van der Waals surface area contributed by atoms with Crippen molar-refractivity contribution in [2.45, 2.75) is 6.92 Å². The molecular formula is C16H14BrClO3. The molecule has 0 amide bonds. The first-order chi connectivity index (χ1) is 10.0. The highest BCUT2D eigenvalue weighted by molar-refractivity contribution is 9.10. The van der Waals surface area contributed by atoms with E-state index in [4.69, 9.17) is 21.1 Å². The Hall–Kier alpha value is -1.52. The normalized spacial score (nSPS) is 10.3. The first kappa shape index (κ1) is 15.9. The Kier molecular flexibility index (Phi) is 5.26. The van der Waals surface area contributed by atoms with E-state index >= 15 is 0 Å². The van der Waals surface area contributed by atoms with Crippen LogP contribution in [0.25, 0.3) is 0 Å². The molecule has 0 unspecified atom stereocenters. The molecule has 3 nitrogen and oxygen atoms in total. The van der Waals surface area contributed by atoms with E-state index in [0.717, 1.165) is 10.0 Å². The summed E-state index contributed by atoms with van der Waals surface area (Å²) in [6.07, 6.45) is 0. The first-order valence-electron chi connectivity index (χ1n) is 6.27. The van der Waals surface area contributed by atoms with Crippen LogP contribution in [0.5, 0.6) is 11.5 Å². The SMILES string of the molecule is COc1ccc(C(=O)COc2ccc(Cl)c(C)c2)cc1Br. The predicted octanol–water partition coefficient (Wildman–Crippen LogP) is 4.68. The Bertz CT molecular complexity index is 671. The van der Waals surface area contributed by atoms with Crippen molar-refractivity contribution in [1.82, 2.24) is 0 Å². The van der Waals surface area contributed by atoms with Gasteiger partial charge in [0.25, 0.3) is 0 Å². The van der Waals surface area contributed by atoms with Crippen molar-refractivity contribution in [2.24, 2.45) is 0 Å². The average Bonchev–Trinajstić information content (AvgIpc) is 2.48. The summed E-state index contributed by atoms with van der Waals surface area (Å²) in [5.41, 5.74) is 1.47. The Labute approximate surface area is 137 Å². The van der Waals surface area contributed by atoms with Gasteiger partial charge in [0, 0.05) is 10.6 Å². The molecule has 2 aromatic carbocycles. The second kappa shape index (κ2) is 6.96. The lowest BCUT2D eigenvalue weighted by molar-refractivity contribution is 0.0921. The zero-order valence-corrected chi connectivity index (χ0v) is 14.0. The predicted molar refractivity (Wildman–Crippen MR) is 86.7 cm³/mol. The highest BCUT2D eigenvalue weighted by Crippen LogP contribution is 2.26. The highest BCUT2D eigenvalue weighted by Gasteiger charge is 2.10. The van der Waals surface area contributed by atoms with Gasteiger partial charge in [0.05, 0.1) is 11.6 Å². The van der Waals surface area contributed by atoms with Crippen LogP contribution >= 0.6 is 27.5 Å². The monoisotopic (exact) mass is 368 g/mol. The van der Waals surface area contributed by atoms with Crippen LogP contribution in [0.1, 0.15) is 15.9 Å². The maximum atomic E-state index is 12.1. The fraction of sp³-hybridized carbons (Fsp3) is 0.188. The van der Waals surface area contributed by atoms with E-state index in [1.807, 2.05) is 6.92 Å². The molecule has 21 heavy (non-hydrogen) atoms. The number of ketones is 1. The van der Waals surface area contributed by atoms with Crippen LogP contribution in [0.4, 0.5) is 0 Å². The molecule has 0 aliphatic carbocycles. The summed E-state index contributed by atoms with van der Waals surface area (Å²) < 4.78 is 11.4. The summed E-state index contributed by atoms with van der Waals surface area (Å²) in [7, 11) is 1.58. The Morgan fingerprint density at radius 1 is 1.24 bits per heavy atom. The molecule has 0 saturated carbocycles. The number of carbonyl (C=O) groups excluding carboxylic acids is 1. The first-order valence-corrected chi connectivity index (χ1v) is 7.44. The van der Waals surface area contributed by atoms with Gasteiger partial charge in [-0.15, -0.1) is 0 Å². The van der Waals surface area contributed by atoms with Crippen LogP contribution in [0, 0.1) is 6.92 Å². The molecule has 5 heteroatoms. The third kappa shape index (κ3) is 3.99. The van der Waals surface area contributed by atoms with Crippen molar-refractivity contribution in [3.05, 3.63) is 57.0 Å². The van der Waals surface area contributed by atoms with Crippen molar-refractivity contribution in [3.8, 4) is 11.5 Å². The van der Waals surface area contributed by atoms with E-state index in [0.29, 0.717) is 22.1 Å². The lowest BCUT2D eigenvalue weighted by Gasteiger charge is -2.08. The Balaban J connectivity index is 2.04. The third-order valence-corrected chi connectivity index (χ3v) is 4.02. The number of rotatable bonds is 5. The Morgan fingerprint density at radius 2 is 2.00 bits per heavy atom. The second-order valence-electron chi connectivity index (χ2n) is 4.47. The van der Waals surface area contributed by atoms with Gasteiger partial charge in [0.2, 0.25) is 0 Å². The number of aryl methyl sites for hydroxylation is 1. The molecule has 0 atom stereocenters. The molecule has 0 fully saturated rings. The standard InChI is InChI=1S/C16H14BrClO3/c1-10-7-12(4-5-14(10)18)21-9-15(19)11-3-6-16(20-2)13(17)8-11/h3-8H,9H2,1-2H3. The minimum atomic E-state index is -0.106. The number of hydrogen-bond donors (Lipinski definition) is 0. The zero-order valence-electron chi connectivity index (χ0n) is 11.7. The molecular weight excluding hydrogens is 356 g/mol. The van der Waals surface area contributed by atoms with Gasteiger partial charge in [0.1, 0.15) is 11.5 Å². The molecule has 0 bridgehead atoms. The van der Waals surface area contributed by atoms with E-state index in [-0.39, 0.29) is 12.4 Å². The van der Waals surface area contributed by atoms with E-state index in [2.05, 4.69) is 15.9 Å². The van der Waals surface area contributed by atoms with Crippen LogP contribution in [0.2, 0.25) is 5.02 Å². The molecule has 0 N–H and O–H groups in total. The maximum absolute atomic E-state index is 12.1. The Morgan fingerprint density at radius 3 is 2.62 bits per heavy atom. The van der Waals surface area contributed by atoms with Gasteiger partial charge in [-0.3, -0.25) is 4.79 Å². The van der Waals surface area contributed by atoms with Gasteiger partial charge in [-0.05, 0) is 64.8 Å². The van der Waals surface area contributed by atoms with Gasteiger partial charge in [-0.1, -0.05) is 11.6 Å². The summed E-state index contributed by atoms with van der Waals surface area (Å²) in [6, 6.07) is 10.5. The van der Waals surface area contributed by atoms with Gasteiger partial charge >= 0.3 is 0 Å². The van der Waals surface area contributed by atoms with Crippen molar-refractivity contribution in [2.75, 3.05) is 13.7 Å². The molecule has 0 aliphatic rings. The van der Waals surface area contributed by atoms with Gasteiger partial charge in [0.15, 0.2) is 12.4 Å². The number of Topliss-reactive ketones (excluding diaryl/α,β-unsaturated/α-hetero) is 1. The molecule has 2 aromatic rings. The number of carbonyl (C=O) groups is 1. The van der Waals surface area contributed by atoms with Crippen molar-refractivity contribution in [3.63, 3.8) is 0 Å². The van der Waals surface area contributed by atoms with Crippen molar-refractivity contribution >= 4 is 33.3 Å². The van der Waals surface area contributed by atoms with E-state index in [1.54, 1.807) is 43.5 Å². The molecule has 110 valence electrons. The summed E-state index contributed by atoms with van der Waals surface area (Å²) in [6.45, 7) is 1.86. The van der Waals surface area contributed by atoms with Crippen LogP contribution in [0.15, 0.2) is 40.9 Å². The number of hydrogen-bond acceptors (Lipinski definition) is 3. The summed E-state index contributed by atoms with van der Waals surface area (Å²) >= 11 is 9.30. The average molecular weight is 370 g/mol. The fourth-order valence-corrected chi connectivity index (χ4v) is 2.44. The lowest BCUT2D eigenvalue weighted by atomic mass is 10.1. The quantitative estimate of drug-likeness (QED) is 0.718. The smallest absolute Gasteiger partial charge is 0.200 e. The van der Waals surface area contributed by atoms with E-state index < -0.39 is 0 Å². The molecule has 0 radical (unpaired) electrons. The molecule has 0 spiro atoms. The van der Waals surface area contributed by atoms with Gasteiger partial charge in [-0.25, -0.2) is 0 Å². The molecule has 0 aromatic heterocycles. The summed E-state index contributed by atoms with van der Waals surface area (Å²) in [5, 5.41) is 0.674. The summed E-state index contributed by atoms with van der Waals surface area (Å²) in [5.74, 6) is 1.20. The van der Waals surface area contributed by atoms with E-state index in [1.165, 1.54) is 0 Å². The molecule has 0 saturated heterocycles. The van der Waals surface area contributed by atoms with Crippen LogP contribution in [-0.4, -0.2) is 19.5 Å².